The number of fused-ring (bicyclic) bond motifs is 1. The van der Waals surface area contributed by atoms with E-state index in [1.807, 2.05) is 13.0 Å². The minimum atomic E-state index is -1.04. The molecule has 0 aliphatic rings. The fraction of sp³-hybridized carbons (Fsp3) is 0.200. The lowest BCUT2D eigenvalue weighted by Gasteiger charge is -1.91. The van der Waals surface area contributed by atoms with E-state index in [4.69, 9.17) is 5.11 Å². The summed E-state index contributed by atoms with van der Waals surface area (Å²) in [4.78, 5) is 23.6. The zero-order valence-electron chi connectivity index (χ0n) is 7.94. The number of aryl methyl sites for hydroxylation is 1. The summed E-state index contributed by atoms with van der Waals surface area (Å²) in [7, 11) is 0. The molecular formula is C10H8O3S2. The van der Waals surface area contributed by atoms with E-state index >= 15 is 0 Å². The Kier molecular flexibility index (Phi) is 2.58. The molecule has 15 heavy (non-hydrogen) atoms. The average molecular weight is 240 g/mol. The quantitative estimate of drug-likeness (QED) is 0.877. The number of thiophene rings is 1. The van der Waals surface area contributed by atoms with E-state index in [0.29, 0.717) is 5.39 Å². The molecule has 0 aliphatic carbocycles. The molecule has 0 radical (unpaired) electrons. The molecule has 5 heteroatoms. The molecule has 3 nitrogen and oxygen atoms in total. The molecule has 2 rings (SSSR count). The highest BCUT2D eigenvalue weighted by atomic mass is 32.1. The van der Waals surface area contributed by atoms with E-state index in [1.54, 1.807) is 6.07 Å². The first-order valence-electron chi connectivity index (χ1n) is 4.41. The zero-order valence-corrected chi connectivity index (χ0v) is 9.58. The Morgan fingerprint density at radius 3 is 2.73 bits per heavy atom. The normalized spacial score (nSPS) is 10.7. The van der Waals surface area contributed by atoms with Crippen LogP contribution in [-0.4, -0.2) is 11.1 Å². The van der Waals surface area contributed by atoms with Crippen molar-refractivity contribution in [3.63, 3.8) is 0 Å². The Hall–Kier alpha value is -1.20. The van der Waals surface area contributed by atoms with Crippen molar-refractivity contribution in [1.29, 1.82) is 0 Å². The van der Waals surface area contributed by atoms with Crippen LogP contribution >= 0.6 is 22.7 Å². The molecule has 1 N–H and O–H groups in total. The molecule has 0 aromatic carbocycles. The van der Waals surface area contributed by atoms with Gasteiger partial charge >= 0.3 is 5.97 Å². The van der Waals surface area contributed by atoms with Gasteiger partial charge in [0.1, 0.15) is 4.88 Å². The average Bonchev–Trinajstić information content (AvgIpc) is 2.61. The SMILES string of the molecule is CCc1cc2c(=O)sc(C(=O)O)cc2s1. The molecule has 0 spiro atoms. The summed E-state index contributed by atoms with van der Waals surface area (Å²) in [6.07, 6.45) is 0.867. The van der Waals surface area contributed by atoms with Crippen LogP contribution in [0.5, 0.6) is 0 Å². The van der Waals surface area contributed by atoms with Gasteiger partial charge in [-0.1, -0.05) is 18.3 Å². The third-order valence-corrected chi connectivity index (χ3v) is 4.20. The number of carboxylic acid groups (broad SMARTS) is 1. The number of rotatable bonds is 2. The van der Waals surface area contributed by atoms with Crippen LogP contribution in [0, 0.1) is 0 Å². The largest absolute Gasteiger partial charge is 0.477 e. The van der Waals surface area contributed by atoms with Crippen molar-refractivity contribution in [1.82, 2.24) is 0 Å². The molecule has 0 fully saturated rings. The van der Waals surface area contributed by atoms with E-state index in [0.717, 1.165) is 27.3 Å². The van der Waals surface area contributed by atoms with Crippen molar-refractivity contribution < 1.29 is 9.90 Å². The van der Waals surface area contributed by atoms with Gasteiger partial charge in [0, 0.05) is 9.58 Å². The maximum atomic E-state index is 11.6. The van der Waals surface area contributed by atoms with Gasteiger partial charge in [-0.25, -0.2) is 4.79 Å². The lowest BCUT2D eigenvalue weighted by Crippen LogP contribution is -2.00. The second kappa shape index (κ2) is 3.75. The number of carbonyl (C=O) groups is 1. The highest BCUT2D eigenvalue weighted by Gasteiger charge is 2.10. The van der Waals surface area contributed by atoms with Crippen LogP contribution in [0.4, 0.5) is 0 Å². The lowest BCUT2D eigenvalue weighted by atomic mass is 10.3. The van der Waals surface area contributed by atoms with Crippen molar-refractivity contribution in [2.45, 2.75) is 13.3 Å². The minimum Gasteiger partial charge on any atom is -0.477 e. The first kappa shape index (κ1) is 10.3. The summed E-state index contributed by atoms with van der Waals surface area (Å²) in [5.74, 6) is -1.04. The predicted octanol–water partition coefficient (Wildman–Crippen LogP) is 2.58. The first-order chi connectivity index (χ1) is 7.11. The summed E-state index contributed by atoms with van der Waals surface area (Å²) in [5, 5.41) is 9.45. The van der Waals surface area contributed by atoms with Crippen molar-refractivity contribution in [2.24, 2.45) is 0 Å². The fourth-order valence-corrected chi connectivity index (χ4v) is 3.23. The minimum absolute atomic E-state index is 0.108. The van der Waals surface area contributed by atoms with E-state index in [9.17, 15) is 9.59 Å². The highest BCUT2D eigenvalue weighted by Crippen LogP contribution is 2.25. The smallest absolute Gasteiger partial charge is 0.346 e. The van der Waals surface area contributed by atoms with Gasteiger partial charge in [-0.2, -0.15) is 0 Å². The van der Waals surface area contributed by atoms with Gasteiger partial charge in [-0.3, -0.25) is 4.79 Å². The predicted molar refractivity (Wildman–Crippen MR) is 62.3 cm³/mol. The van der Waals surface area contributed by atoms with Gasteiger partial charge in [0.05, 0.1) is 5.39 Å². The molecule has 0 amide bonds. The Morgan fingerprint density at radius 1 is 1.40 bits per heavy atom. The van der Waals surface area contributed by atoms with E-state index < -0.39 is 5.97 Å². The van der Waals surface area contributed by atoms with E-state index in [2.05, 4.69) is 0 Å². The molecule has 2 aromatic heterocycles. The summed E-state index contributed by atoms with van der Waals surface area (Å²) in [6, 6.07) is 3.43. The topological polar surface area (TPSA) is 54.4 Å². The fourth-order valence-electron chi connectivity index (χ4n) is 1.31. The van der Waals surface area contributed by atoms with Crippen LogP contribution in [0.1, 0.15) is 21.5 Å². The molecule has 78 valence electrons. The molecule has 0 aliphatic heterocycles. The third-order valence-electron chi connectivity index (χ3n) is 2.06. The van der Waals surface area contributed by atoms with Crippen molar-refractivity contribution >= 4 is 38.7 Å². The summed E-state index contributed by atoms with van der Waals surface area (Å²) in [6.45, 7) is 2.01. The second-order valence-corrected chi connectivity index (χ2v) is 5.23. The summed E-state index contributed by atoms with van der Waals surface area (Å²) >= 11 is 2.28. The van der Waals surface area contributed by atoms with E-state index in [-0.39, 0.29) is 9.62 Å². The van der Waals surface area contributed by atoms with Gasteiger partial charge in [0.15, 0.2) is 0 Å². The monoisotopic (exact) mass is 240 g/mol. The lowest BCUT2D eigenvalue weighted by molar-refractivity contribution is 0.0702. The van der Waals surface area contributed by atoms with Gasteiger partial charge in [-0.15, -0.1) is 11.3 Å². The molecule has 0 atom stereocenters. The van der Waals surface area contributed by atoms with Crippen LogP contribution < -0.4 is 4.74 Å². The molecule has 2 heterocycles. The van der Waals surface area contributed by atoms with Crippen LogP contribution in [0.3, 0.4) is 0 Å². The Bertz CT molecular complexity index is 580. The Labute approximate surface area is 93.6 Å². The number of carboxylic acids is 1. The van der Waals surface area contributed by atoms with Crippen LogP contribution in [-0.2, 0) is 6.42 Å². The molecule has 0 saturated carbocycles. The number of hydrogen-bond acceptors (Lipinski definition) is 4. The van der Waals surface area contributed by atoms with E-state index in [1.165, 1.54) is 11.3 Å². The highest BCUT2D eigenvalue weighted by molar-refractivity contribution is 7.20. The van der Waals surface area contributed by atoms with Gasteiger partial charge in [-0.05, 0) is 18.6 Å². The summed E-state index contributed by atoms with van der Waals surface area (Å²) < 4.78 is 0.605. The van der Waals surface area contributed by atoms with Crippen LogP contribution in [0.25, 0.3) is 10.1 Å². The standard InChI is InChI=1S/C10H8O3S2/c1-2-5-3-6-7(14-5)4-8(9(11)12)15-10(6)13/h3-4H,2H2,1H3,(H,11,12). The molecule has 0 bridgehead atoms. The van der Waals surface area contributed by atoms with Crippen LogP contribution in [0.2, 0.25) is 0 Å². The maximum Gasteiger partial charge on any atom is 0.346 e. The summed E-state index contributed by atoms with van der Waals surface area (Å²) in [5.41, 5.74) is 0. The first-order valence-corrected chi connectivity index (χ1v) is 6.05. The zero-order chi connectivity index (χ0) is 11.0. The van der Waals surface area contributed by atoms with Gasteiger partial charge < -0.3 is 5.11 Å². The second-order valence-electron chi connectivity index (χ2n) is 3.05. The van der Waals surface area contributed by atoms with Gasteiger partial charge in [0.25, 0.3) is 0 Å². The van der Waals surface area contributed by atoms with Crippen molar-refractivity contribution in [3.8, 4) is 0 Å². The molecular weight excluding hydrogens is 232 g/mol. The Morgan fingerprint density at radius 2 is 2.13 bits per heavy atom. The van der Waals surface area contributed by atoms with Crippen molar-refractivity contribution in [3.05, 3.63) is 31.4 Å². The third kappa shape index (κ3) is 1.80. The molecule has 2 aromatic rings. The number of hydrogen-bond donors (Lipinski definition) is 1. The maximum absolute atomic E-state index is 11.6. The Balaban J connectivity index is 2.76. The molecule has 0 saturated heterocycles. The number of aromatic carboxylic acids is 1. The van der Waals surface area contributed by atoms with Gasteiger partial charge in [0.2, 0.25) is 4.74 Å². The molecule has 0 unspecified atom stereocenters. The van der Waals surface area contributed by atoms with Crippen molar-refractivity contribution in [2.75, 3.05) is 0 Å². The van der Waals surface area contributed by atoms with Crippen LogP contribution in [0.15, 0.2) is 16.9 Å².